The normalized spacial score (nSPS) is 8.60. The standard InChI is InChI=1S/C9H16O/c1-2-3-4-5-6-7-8-9-10/h10H,2-6,9H2,1H3. The Kier molecular flexibility index (Phi) is 8.11. The molecule has 0 bridgehead atoms. The first-order valence-electron chi connectivity index (χ1n) is 3.98. The maximum absolute atomic E-state index is 8.30. The van der Waals surface area contributed by atoms with E-state index in [-0.39, 0.29) is 6.61 Å². The summed E-state index contributed by atoms with van der Waals surface area (Å²) >= 11 is 0. The van der Waals surface area contributed by atoms with Crippen LogP contribution in [-0.4, -0.2) is 11.7 Å². The lowest BCUT2D eigenvalue weighted by molar-refractivity contribution is 0.350. The van der Waals surface area contributed by atoms with Crippen molar-refractivity contribution in [3.8, 4) is 11.8 Å². The predicted molar refractivity (Wildman–Crippen MR) is 43.6 cm³/mol. The Morgan fingerprint density at radius 1 is 1.10 bits per heavy atom. The molecule has 0 aliphatic rings. The quantitative estimate of drug-likeness (QED) is 0.467. The first-order valence-corrected chi connectivity index (χ1v) is 3.98. The van der Waals surface area contributed by atoms with Crippen molar-refractivity contribution in [2.24, 2.45) is 0 Å². The van der Waals surface area contributed by atoms with E-state index in [1.165, 1.54) is 25.7 Å². The van der Waals surface area contributed by atoms with Crippen LogP contribution in [0.5, 0.6) is 0 Å². The number of aliphatic hydroxyl groups excluding tert-OH is 1. The third kappa shape index (κ3) is 7.52. The van der Waals surface area contributed by atoms with Crippen LogP contribution in [0.25, 0.3) is 0 Å². The summed E-state index contributed by atoms with van der Waals surface area (Å²) in [7, 11) is 0. The van der Waals surface area contributed by atoms with E-state index in [4.69, 9.17) is 5.11 Å². The Balaban J connectivity index is 2.90. The van der Waals surface area contributed by atoms with Gasteiger partial charge in [0.15, 0.2) is 0 Å². The van der Waals surface area contributed by atoms with Gasteiger partial charge in [-0.15, -0.1) is 5.92 Å². The lowest BCUT2D eigenvalue weighted by atomic mass is 10.2. The van der Waals surface area contributed by atoms with Crippen molar-refractivity contribution in [1.82, 2.24) is 0 Å². The summed E-state index contributed by atoms with van der Waals surface area (Å²) < 4.78 is 0. The molecule has 0 amide bonds. The van der Waals surface area contributed by atoms with Gasteiger partial charge < -0.3 is 5.11 Å². The lowest BCUT2D eigenvalue weighted by Gasteiger charge is -1.91. The Morgan fingerprint density at radius 3 is 2.50 bits per heavy atom. The Morgan fingerprint density at radius 2 is 1.90 bits per heavy atom. The molecule has 0 saturated heterocycles. The van der Waals surface area contributed by atoms with Crippen LogP contribution < -0.4 is 0 Å². The summed E-state index contributed by atoms with van der Waals surface area (Å²) in [6.45, 7) is 2.20. The number of unbranched alkanes of at least 4 members (excludes halogenated alkanes) is 4. The zero-order valence-corrected chi connectivity index (χ0v) is 6.69. The van der Waals surface area contributed by atoms with Gasteiger partial charge in [-0.1, -0.05) is 32.1 Å². The Labute approximate surface area is 63.5 Å². The number of hydrogen-bond acceptors (Lipinski definition) is 1. The number of rotatable bonds is 4. The molecule has 0 saturated carbocycles. The van der Waals surface area contributed by atoms with Crippen molar-refractivity contribution < 1.29 is 5.11 Å². The van der Waals surface area contributed by atoms with Crippen molar-refractivity contribution >= 4 is 0 Å². The van der Waals surface area contributed by atoms with Gasteiger partial charge in [0.25, 0.3) is 0 Å². The highest BCUT2D eigenvalue weighted by atomic mass is 16.2. The van der Waals surface area contributed by atoms with Crippen LogP contribution in [0, 0.1) is 11.8 Å². The highest BCUT2D eigenvalue weighted by Crippen LogP contribution is 2.00. The highest BCUT2D eigenvalue weighted by Gasteiger charge is 1.82. The number of hydrogen-bond donors (Lipinski definition) is 1. The van der Waals surface area contributed by atoms with Gasteiger partial charge in [0.2, 0.25) is 0 Å². The van der Waals surface area contributed by atoms with Gasteiger partial charge in [-0.25, -0.2) is 0 Å². The van der Waals surface area contributed by atoms with Crippen LogP contribution in [0.4, 0.5) is 0 Å². The Hall–Kier alpha value is -0.480. The average molecular weight is 140 g/mol. The van der Waals surface area contributed by atoms with Gasteiger partial charge in [-0.2, -0.15) is 0 Å². The molecule has 0 spiro atoms. The zero-order chi connectivity index (χ0) is 7.66. The first-order chi connectivity index (χ1) is 4.91. The molecular formula is C9H16O. The maximum Gasteiger partial charge on any atom is 0.104 e. The fraction of sp³-hybridized carbons (Fsp3) is 0.778. The van der Waals surface area contributed by atoms with Crippen LogP contribution in [-0.2, 0) is 0 Å². The van der Waals surface area contributed by atoms with Crippen molar-refractivity contribution in [3.63, 3.8) is 0 Å². The summed E-state index contributed by atoms with van der Waals surface area (Å²) in [5.74, 6) is 5.52. The van der Waals surface area contributed by atoms with Crippen molar-refractivity contribution in [2.45, 2.75) is 39.0 Å². The molecule has 0 aromatic heterocycles. The van der Waals surface area contributed by atoms with E-state index in [2.05, 4.69) is 18.8 Å². The van der Waals surface area contributed by atoms with Gasteiger partial charge >= 0.3 is 0 Å². The van der Waals surface area contributed by atoms with E-state index in [9.17, 15) is 0 Å². The lowest BCUT2D eigenvalue weighted by Crippen LogP contribution is -1.75. The minimum absolute atomic E-state index is 0.00772. The molecule has 0 aliphatic carbocycles. The van der Waals surface area contributed by atoms with Crippen molar-refractivity contribution in [1.29, 1.82) is 0 Å². The number of aliphatic hydroxyl groups is 1. The molecule has 0 aliphatic heterocycles. The van der Waals surface area contributed by atoms with E-state index in [1.807, 2.05) is 0 Å². The molecular weight excluding hydrogens is 124 g/mol. The Bertz CT molecular complexity index is 108. The highest BCUT2D eigenvalue weighted by molar-refractivity contribution is 4.98. The fourth-order valence-electron chi connectivity index (χ4n) is 0.784. The van der Waals surface area contributed by atoms with Crippen molar-refractivity contribution in [2.75, 3.05) is 6.61 Å². The summed E-state index contributed by atoms with van der Waals surface area (Å²) in [5.41, 5.74) is 0. The second-order valence-electron chi connectivity index (χ2n) is 2.32. The molecule has 58 valence electrons. The minimum Gasteiger partial charge on any atom is -0.384 e. The fourth-order valence-corrected chi connectivity index (χ4v) is 0.784. The SMILES string of the molecule is CCCCCCC#CCO. The van der Waals surface area contributed by atoms with E-state index >= 15 is 0 Å². The molecule has 0 heterocycles. The molecule has 10 heavy (non-hydrogen) atoms. The van der Waals surface area contributed by atoms with Crippen LogP contribution >= 0.6 is 0 Å². The third-order valence-electron chi connectivity index (χ3n) is 1.36. The molecule has 0 radical (unpaired) electrons. The summed E-state index contributed by atoms with van der Waals surface area (Å²) in [6, 6.07) is 0. The van der Waals surface area contributed by atoms with Crippen LogP contribution in [0.15, 0.2) is 0 Å². The van der Waals surface area contributed by atoms with Crippen LogP contribution in [0.1, 0.15) is 39.0 Å². The molecule has 0 aromatic rings. The molecule has 0 fully saturated rings. The zero-order valence-electron chi connectivity index (χ0n) is 6.69. The summed E-state index contributed by atoms with van der Waals surface area (Å²) in [5, 5.41) is 8.30. The van der Waals surface area contributed by atoms with Gasteiger partial charge in [0.05, 0.1) is 0 Å². The third-order valence-corrected chi connectivity index (χ3v) is 1.36. The van der Waals surface area contributed by atoms with E-state index in [1.54, 1.807) is 0 Å². The molecule has 0 atom stereocenters. The van der Waals surface area contributed by atoms with Gasteiger partial charge in [-0.3, -0.25) is 0 Å². The molecule has 1 N–H and O–H groups in total. The second-order valence-corrected chi connectivity index (χ2v) is 2.32. The van der Waals surface area contributed by atoms with Crippen LogP contribution in [0.2, 0.25) is 0 Å². The first kappa shape index (κ1) is 9.52. The van der Waals surface area contributed by atoms with Crippen molar-refractivity contribution in [3.05, 3.63) is 0 Å². The summed E-state index contributed by atoms with van der Waals surface area (Å²) in [4.78, 5) is 0. The summed E-state index contributed by atoms with van der Waals surface area (Å²) in [6.07, 6.45) is 5.98. The smallest absolute Gasteiger partial charge is 0.104 e. The maximum atomic E-state index is 8.30. The van der Waals surface area contributed by atoms with Gasteiger partial charge in [0.1, 0.15) is 6.61 Å². The van der Waals surface area contributed by atoms with E-state index in [0.29, 0.717) is 0 Å². The van der Waals surface area contributed by atoms with Crippen LogP contribution in [0.3, 0.4) is 0 Å². The minimum atomic E-state index is 0.00772. The average Bonchev–Trinajstić information content (AvgIpc) is 1.97. The molecule has 0 aromatic carbocycles. The molecule has 0 rings (SSSR count). The molecule has 1 nitrogen and oxygen atoms in total. The predicted octanol–water partition coefficient (Wildman–Crippen LogP) is 1.95. The molecule has 0 unspecified atom stereocenters. The topological polar surface area (TPSA) is 20.2 Å². The van der Waals surface area contributed by atoms with E-state index < -0.39 is 0 Å². The van der Waals surface area contributed by atoms with Gasteiger partial charge in [0, 0.05) is 6.42 Å². The largest absolute Gasteiger partial charge is 0.384 e. The molecule has 1 heteroatoms. The second kappa shape index (κ2) is 8.52. The van der Waals surface area contributed by atoms with E-state index in [0.717, 1.165) is 6.42 Å². The van der Waals surface area contributed by atoms with Gasteiger partial charge in [-0.05, 0) is 6.42 Å². The monoisotopic (exact) mass is 140 g/mol.